The van der Waals surface area contributed by atoms with E-state index in [1.807, 2.05) is 11.8 Å². The number of carbonyl (C=O) groups is 1. The molecule has 0 aromatic carbocycles. The van der Waals surface area contributed by atoms with Crippen LogP contribution in [0.5, 0.6) is 0 Å². The molecule has 0 radical (unpaired) electrons. The zero-order valence-electron chi connectivity index (χ0n) is 11.0. The van der Waals surface area contributed by atoms with E-state index in [1.165, 1.54) is 0 Å². The molecule has 6 heteroatoms. The van der Waals surface area contributed by atoms with Crippen molar-refractivity contribution >= 4 is 23.1 Å². The average Bonchev–Trinajstić information content (AvgIpc) is 2.35. The van der Waals surface area contributed by atoms with Crippen LogP contribution >= 0.6 is 12.2 Å². The molecule has 0 aliphatic carbocycles. The summed E-state index contributed by atoms with van der Waals surface area (Å²) < 4.78 is 5.26. The number of likely N-dealkylation sites (N-methyl/N-ethyl adjacent to an activating group) is 1. The van der Waals surface area contributed by atoms with Crippen molar-refractivity contribution in [2.75, 3.05) is 32.8 Å². The van der Waals surface area contributed by atoms with E-state index < -0.39 is 0 Å². The Kier molecular flexibility index (Phi) is 7.15. The molecule has 1 fully saturated rings. The molecule has 1 amide bonds. The number of hydrogen-bond donors (Lipinski definition) is 2. The monoisotopic (exact) mass is 273 g/mol. The summed E-state index contributed by atoms with van der Waals surface area (Å²) in [6.45, 7) is 5.49. The molecule has 0 saturated carbocycles. The van der Waals surface area contributed by atoms with Gasteiger partial charge in [-0.3, -0.25) is 9.69 Å². The van der Waals surface area contributed by atoms with E-state index in [-0.39, 0.29) is 11.9 Å². The number of nitrogens with one attached hydrogen (secondary N) is 1. The molecule has 1 saturated heterocycles. The lowest BCUT2D eigenvalue weighted by atomic mass is 10.1. The van der Waals surface area contributed by atoms with Crippen LogP contribution in [-0.2, 0) is 9.53 Å². The van der Waals surface area contributed by atoms with Crippen LogP contribution in [0.4, 0.5) is 0 Å². The molecule has 1 aliphatic heterocycles. The summed E-state index contributed by atoms with van der Waals surface area (Å²) in [5, 5.41) is 3.05. The van der Waals surface area contributed by atoms with Gasteiger partial charge < -0.3 is 15.8 Å². The van der Waals surface area contributed by atoms with Gasteiger partial charge in [-0.15, -0.1) is 0 Å². The van der Waals surface area contributed by atoms with Crippen molar-refractivity contribution in [1.82, 2.24) is 10.2 Å². The van der Waals surface area contributed by atoms with Crippen LogP contribution in [0.3, 0.4) is 0 Å². The highest BCUT2D eigenvalue weighted by Crippen LogP contribution is 2.06. The molecule has 0 aromatic rings. The lowest BCUT2D eigenvalue weighted by Gasteiger charge is -2.25. The fourth-order valence-corrected chi connectivity index (χ4v) is 2.03. The van der Waals surface area contributed by atoms with E-state index in [0.29, 0.717) is 18.0 Å². The average molecular weight is 273 g/mol. The topological polar surface area (TPSA) is 67.6 Å². The fraction of sp³-hybridized carbons (Fsp3) is 0.833. The third-order valence-electron chi connectivity index (χ3n) is 3.08. The minimum absolute atomic E-state index is 0.0756. The number of nitrogens with two attached hydrogens (primary N) is 1. The number of hydrogen-bond acceptors (Lipinski definition) is 4. The van der Waals surface area contributed by atoms with E-state index in [4.69, 9.17) is 22.7 Å². The minimum Gasteiger partial charge on any atom is -0.393 e. The molecule has 0 spiro atoms. The number of carbonyl (C=O) groups excluding carboxylic acids is 1. The van der Waals surface area contributed by atoms with Gasteiger partial charge >= 0.3 is 0 Å². The molecular formula is C12H23N3O2S. The van der Waals surface area contributed by atoms with Crippen molar-refractivity contribution in [3.05, 3.63) is 0 Å². The van der Waals surface area contributed by atoms with E-state index in [1.54, 1.807) is 0 Å². The standard InChI is InChI=1S/C12H23N3O2S/c1-2-15(6-3-11(13)18)9-12(16)14-10-4-7-17-8-5-10/h10H,2-9H2,1H3,(H2,13,18)(H,14,16). The van der Waals surface area contributed by atoms with Gasteiger partial charge in [-0.25, -0.2) is 0 Å². The summed E-state index contributed by atoms with van der Waals surface area (Å²) in [6, 6.07) is 0.264. The van der Waals surface area contributed by atoms with Crippen LogP contribution < -0.4 is 11.1 Å². The molecule has 104 valence electrons. The SMILES string of the molecule is CCN(CCC(N)=S)CC(=O)NC1CCOCC1. The normalized spacial score (nSPS) is 16.8. The van der Waals surface area contributed by atoms with Crippen molar-refractivity contribution in [1.29, 1.82) is 0 Å². The second kappa shape index (κ2) is 8.39. The number of nitrogens with zero attached hydrogens (tertiary/aromatic N) is 1. The van der Waals surface area contributed by atoms with E-state index >= 15 is 0 Å². The van der Waals surface area contributed by atoms with Crippen LogP contribution in [-0.4, -0.2) is 54.7 Å². The van der Waals surface area contributed by atoms with Gasteiger partial charge in [-0.05, 0) is 19.4 Å². The van der Waals surface area contributed by atoms with Crippen LogP contribution in [0.1, 0.15) is 26.2 Å². The van der Waals surface area contributed by atoms with E-state index in [0.717, 1.165) is 39.1 Å². The highest BCUT2D eigenvalue weighted by atomic mass is 32.1. The molecule has 1 aliphatic rings. The summed E-state index contributed by atoms with van der Waals surface area (Å²) in [5.74, 6) is 0.0756. The Morgan fingerprint density at radius 3 is 2.72 bits per heavy atom. The first-order valence-electron chi connectivity index (χ1n) is 6.49. The number of thiocarbonyl (C=S) groups is 1. The lowest BCUT2D eigenvalue weighted by molar-refractivity contribution is -0.123. The first-order chi connectivity index (χ1) is 8.61. The van der Waals surface area contributed by atoms with Gasteiger partial charge in [0, 0.05) is 32.2 Å². The highest BCUT2D eigenvalue weighted by molar-refractivity contribution is 7.80. The molecule has 5 nitrogen and oxygen atoms in total. The largest absolute Gasteiger partial charge is 0.393 e. The van der Waals surface area contributed by atoms with Gasteiger partial charge in [-0.1, -0.05) is 19.1 Å². The maximum atomic E-state index is 11.9. The van der Waals surface area contributed by atoms with Crippen LogP contribution in [0, 0.1) is 0 Å². The molecule has 1 rings (SSSR count). The lowest BCUT2D eigenvalue weighted by Crippen LogP contribution is -2.44. The molecule has 0 unspecified atom stereocenters. The molecule has 18 heavy (non-hydrogen) atoms. The highest BCUT2D eigenvalue weighted by Gasteiger charge is 2.17. The Labute approximate surface area is 114 Å². The predicted octanol–water partition coefficient (Wildman–Crippen LogP) is 0.280. The summed E-state index contributed by atoms with van der Waals surface area (Å²) in [4.78, 5) is 14.4. The predicted molar refractivity (Wildman–Crippen MR) is 75.5 cm³/mol. The van der Waals surface area contributed by atoms with Gasteiger partial charge in [0.25, 0.3) is 0 Å². The van der Waals surface area contributed by atoms with Crippen LogP contribution in [0.2, 0.25) is 0 Å². The first-order valence-corrected chi connectivity index (χ1v) is 6.90. The Morgan fingerprint density at radius 2 is 2.17 bits per heavy atom. The molecule has 3 N–H and O–H groups in total. The maximum absolute atomic E-state index is 11.9. The molecule has 0 atom stereocenters. The van der Waals surface area contributed by atoms with Gasteiger partial charge in [0.05, 0.1) is 11.5 Å². The van der Waals surface area contributed by atoms with Gasteiger partial charge in [0.2, 0.25) is 5.91 Å². The number of rotatable bonds is 7. The van der Waals surface area contributed by atoms with Crippen LogP contribution in [0.15, 0.2) is 0 Å². The fourth-order valence-electron chi connectivity index (χ4n) is 1.94. The summed E-state index contributed by atoms with van der Waals surface area (Å²) >= 11 is 4.84. The molecule has 0 aromatic heterocycles. The quantitative estimate of drug-likeness (QED) is 0.652. The second-order valence-corrected chi connectivity index (χ2v) is 5.06. The molecule has 1 heterocycles. The van der Waals surface area contributed by atoms with Crippen molar-refractivity contribution in [3.63, 3.8) is 0 Å². The Bertz CT molecular complexity index is 280. The van der Waals surface area contributed by atoms with Gasteiger partial charge in [0.1, 0.15) is 0 Å². The van der Waals surface area contributed by atoms with Crippen molar-refractivity contribution in [2.45, 2.75) is 32.2 Å². The van der Waals surface area contributed by atoms with E-state index in [9.17, 15) is 4.79 Å². The van der Waals surface area contributed by atoms with Crippen molar-refractivity contribution < 1.29 is 9.53 Å². The number of ether oxygens (including phenoxy) is 1. The minimum atomic E-state index is 0.0756. The Balaban J connectivity index is 2.25. The summed E-state index contributed by atoms with van der Waals surface area (Å²) in [6.07, 6.45) is 2.48. The third kappa shape index (κ3) is 6.28. The van der Waals surface area contributed by atoms with Gasteiger partial charge in [-0.2, -0.15) is 0 Å². The number of amides is 1. The zero-order valence-corrected chi connectivity index (χ0v) is 11.8. The van der Waals surface area contributed by atoms with Crippen LogP contribution in [0.25, 0.3) is 0 Å². The van der Waals surface area contributed by atoms with Crippen molar-refractivity contribution in [3.8, 4) is 0 Å². The Morgan fingerprint density at radius 1 is 1.50 bits per heavy atom. The zero-order chi connectivity index (χ0) is 13.4. The third-order valence-corrected chi connectivity index (χ3v) is 3.28. The maximum Gasteiger partial charge on any atom is 0.234 e. The smallest absolute Gasteiger partial charge is 0.234 e. The van der Waals surface area contributed by atoms with Crippen molar-refractivity contribution in [2.24, 2.45) is 5.73 Å². The summed E-state index contributed by atoms with van der Waals surface area (Å²) in [5.41, 5.74) is 5.47. The first kappa shape index (κ1) is 15.3. The van der Waals surface area contributed by atoms with Gasteiger partial charge in [0.15, 0.2) is 0 Å². The molecule has 0 bridgehead atoms. The second-order valence-electron chi connectivity index (χ2n) is 4.54. The Hall–Kier alpha value is -0.720. The van der Waals surface area contributed by atoms with E-state index in [2.05, 4.69) is 5.32 Å². The molecular weight excluding hydrogens is 250 g/mol. The summed E-state index contributed by atoms with van der Waals surface area (Å²) in [7, 11) is 0.